The quantitative estimate of drug-likeness (QED) is 0.756. The first kappa shape index (κ1) is 13.1. The van der Waals surface area contributed by atoms with Crippen molar-refractivity contribution in [3.8, 4) is 5.75 Å². The molecular weight excluding hydrogens is 270 g/mol. The Morgan fingerprint density at radius 1 is 1.19 bits per heavy atom. The van der Waals surface area contributed by atoms with Gasteiger partial charge in [-0.3, -0.25) is 18.7 Å². The Bertz CT molecular complexity index is 927. The third kappa shape index (κ3) is 2.20. The summed E-state index contributed by atoms with van der Waals surface area (Å²) >= 11 is 0. The van der Waals surface area contributed by atoms with E-state index in [-0.39, 0.29) is 22.3 Å². The van der Waals surface area contributed by atoms with Crippen molar-refractivity contribution in [2.75, 3.05) is 0 Å². The molecule has 1 N–H and O–H groups in total. The summed E-state index contributed by atoms with van der Waals surface area (Å²) in [5.74, 6) is -0.340. The molecule has 1 aromatic carbocycles. The Morgan fingerprint density at radius 3 is 2.62 bits per heavy atom. The van der Waals surface area contributed by atoms with E-state index in [0.29, 0.717) is 6.54 Å². The Kier molecular flexibility index (Phi) is 3.06. The van der Waals surface area contributed by atoms with Gasteiger partial charge >= 0.3 is 0 Å². The molecule has 21 heavy (non-hydrogen) atoms. The molecule has 2 aromatic heterocycles. The zero-order valence-corrected chi connectivity index (χ0v) is 11.4. The summed E-state index contributed by atoms with van der Waals surface area (Å²) in [4.78, 5) is 28.2. The predicted octanol–water partition coefficient (Wildman–Crippen LogP) is 0.849. The van der Waals surface area contributed by atoms with Gasteiger partial charge in [-0.1, -0.05) is 30.3 Å². The molecule has 0 spiro atoms. The summed E-state index contributed by atoms with van der Waals surface area (Å²) in [6.45, 7) is 0.352. The van der Waals surface area contributed by atoms with Crippen LogP contribution in [0.15, 0.2) is 52.3 Å². The fraction of sp³-hybridized carbons (Fsp3) is 0.133. The van der Waals surface area contributed by atoms with E-state index in [0.717, 1.165) is 11.6 Å². The maximum Gasteiger partial charge on any atom is 0.266 e. The van der Waals surface area contributed by atoms with Gasteiger partial charge in [-0.2, -0.15) is 0 Å². The highest BCUT2D eigenvalue weighted by Gasteiger charge is 2.12. The van der Waals surface area contributed by atoms with Crippen LogP contribution in [0.4, 0.5) is 0 Å². The lowest BCUT2D eigenvalue weighted by Gasteiger charge is -2.09. The number of benzene rings is 1. The first-order chi connectivity index (χ1) is 10.1. The fourth-order valence-electron chi connectivity index (χ4n) is 2.24. The lowest BCUT2D eigenvalue weighted by molar-refractivity contribution is 0.478. The number of hydrogen-bond acceptors (Lipinski definition) is 4. The van der Waals surface area contributed by atoms with Gasteiger partial charge in [0.05, 0.1) is 6.54 Å². The van der Waals surface area contributed by atoms with Crippen molar-refractivity contribution in [3.63, 3.8) is 0 Å². The fourth-order valence-corrected chi connectivity index (χ4v) is 2.24. The second-order valence-electron chi connectivity index (χ2n) is 4.79. The molecule has 0 aliphatic carbocycles. The smallest absolute Gasteiger partial charge is 0.266 e. The Hall–Kier alpha value is -2.89. The van der Waals surface area contributed by atoms with E-state index in [1.807, 2.05) is 30.3 Å². The van der Waals surface area contributed by atoms with Crippen LogP contribution in [0.2, 0.25) is 0 Å². The summed E-state index contributed by atoms with van der Waals surface area (Å²) in [5, 5.41) is 9.93. The molecule has 0 aliphatic heterocycles. The Balaban J connectivity index is 2.22. The first-order valence-corrected chi connectivity index (χ1v) is 6.40. The van der Waals surface area contributed by atoms with Crippen LogP contribution in [0.1, 0.15) is 5.56 Å². The summed E-state index contributed by atoms with van der Waals surface area (Å²) in [6, 6.07) is 10.5. The summed E-state index contributed by atoms with van der Waals surface area (Å²) in [5.41, 5.74) is 0.337. The standard InChI is InChI=1S/C15H13N3O3/c1-17-12(20)7-11(19)13-14(17)16-9-18(15(13)21)8-10-5-3-2-4-6-10/h2-7,9,19H,8H2,1H3. The molecule has 0 radical (unpaired) electrons. The van der Waals surface area contributed by atoms with Crippen molar-refractivity contribution in [2.24, 2.45) is 7.05 Å². The number of aromatic nitrogens is 3. The molecule has 0 aliphatic rings. The Labute approximate surface area is 119 Å². The minimum atomic E-state index is -0.410. The number of aromatic hydroxyl groups is 1. The lowest BCUT2D eigenvalue weighted by atomic mass is 10.2. The van der Waals surface area contributed by atoms with Gasteiger partial charge in [-0.15, -0.1) is 0 Å². The molecule has 0 saturated heterocycles. The maximum absolute atomic E-state index is 12.5. The van der Waals surface area contributed by atoms with E-state index in [9.17, 15) is 14.7 Å². The van der Waals surface area contributed by atoms with Crippen LogP contribution in [-0.4, -0.2) is 19.2 Å². The van der Waals surface area contributed by atoms with Crippen molar-refractivity contribution in [3.05, 3.63) is 69.0 Å². The number of fused-ring (bicyclic) bond motifs is 1. The van der Waals surface area contributed by atoms with Crippen molar-refractivity contribution in [1.82, 2.24) is 14.1 Å². The molecule has 106 valence electrons. The highest BCUT2D eigenvalue weighted by Crippen LogP contribution is 2.15. The zero-order valence-electron chi connectivity index (χ0n) is 11.4. The predicted molar refractivity (Wildman–Crippen MR) is 78.5 cm³/mol. The second-order valence-corrected chi connectivity index (χ2v) is 4.79. The molecule has 6 heteroatoms. The Morgan fingerprint density at radius 2 is 1.90 bits per heavy atom. The van der Waals surface area contributed by atoms with E-state index >= 15 is 0 Å². The van der Waals surface area contributed by atoms with Crippen LogP contribution in [0.3, 0.4) is 0 Å². The van der Waals surface area contributed by atoms with Crippen molar-refractivity contribution >= 4 is 11.0 Å². The first-order valence-electron chi connectivity index (χ1n) is 6.40. The molecule has 3 rings (SSSR count). The minimum absolute atomic E-state index is 0.0514. The molecule has 0 saturated carbocycles. The third-order valence-electron chi connectivity index (χ3n) is 3.38. The molecule has 3 aromatic rings. The molecule has 0 bridgehead atoms. The largest absolute Gasteiger partial charge is 0.507 e. The highest BCUT2D eigenvalue weighted by atomic mass is 16.3. The monoisotopic (exact) mass is 283 g/mol. The van der Waals surface area contributed by atoms with Gasteiger partial charge in [0.15, 0.2) is 5.65 Å². The number of hydrogen-bond donors (Lipinski definition) is 1. The summed E-state index contributed by atoms with van der Waals surface area (Å²) in [6.07, 6.45) is 1.39. The van der Waals surface area contributed by atoms with Gasteiger partial charge in [0.2, 0.25) is 0 Å². The minimum Gasteiger partial charge on any atom is -0.507 e. The highest BCUT2D eigenvalue weighted by molar-refractivity contribution is 5.80. The molecule has 6 nitrogen and oxygen atoms in total. The molecule has 0 amide bonds. The average molecular weight is 283 g/mol. The van der Waals surface area contributed by atoms with Gasteiger partial charge in [0.1, 0.15) is 17.5 Å². The molecule has 0 fully saturated rings. The van der Waals surface area contributed by atoms with E-state index in [2.05, 4.69) is 4.98 Å². The number of nitrogens with zero attached hydrogens (tertiary/aromatic N) is 3. The number of rotatable bonds is 2. The SMILES string of the molecule is Cn1c(=O)cc(O)c2c(=O)n(Cc3ccccc3)cnc21. The van der Waals surface area contributed by atoms with Crippen molar-refractivity contribution in [2.45, 2.75) is 6.54 Å². The van der Waals surface area contributed by atoms with Crippen molar-refractivity contribution in [1.29, 1.82) is 0 Å². The van der Waals surface area contributed by atoms with Crippen LogP contribution in [0, 0.1) is 0 Å². The average Bonchev–Trinajstić information content (AvgIpc) is 2.48. The van der Waals surface area contributed by atoms with Gasteiger partial charge in [0.25, 0.3) is 11.1 Å². The maximum atomic E-state index is 12.5. The normalized spacial score (nSPS) is 10.9. The van der Waals surface area contributed by atoms with E-state index < -0.39 is 5.56 Å². The summed E-state index contributed by atoms with van der Waals surface area (Å²) in [7, 11) is 1.51. The van der Waals surface area contributed by atoms with E-state index in [1.54, 1.807) is 0 Å². The number of pyridine rings is 1. The molecule has 0 unspecified atom stereocenters. The van der Waals surface area contributed by atoms with Gasteiger partial charge in [-0.25, -0.2) is 4.98 Å². The van der Waals surface area contributed by atoms with Gasteiger partial charge in [-0.05, 0) is 5.56 Å². The van der Waals surface area contributed by atoms with Crippen LogP contribution >= 0.6 is 0 Å². The van der Waals surface area contributed by atoms with Crippen molar-refractivity contribution < 1.29 is 5.11 Å². The molecule has 0 atom stereocenters. The van der Waals surface area contributed by atoms with Crippen LogP contribution in [-0.2, 0) is 13.6 Å². The van der Waals surface area contributed by atoms with Gasteiger partial charge in [0, 0.05) is 13.1 Å². The summed E-state index contributed by atoms with van der Waals surface area (Å²) < 4.78 is 2.64. The van der Waals surface area contributed by atoms with E-state index in [1.165, 1.54) is 22.5 Å². The number of aryl methyl sites for hydroxylation is 1. The lowest BCUT2D eigenvalue weighted by Crippen LogP contribution is -2.25. The van der Waals surface area contributed by atoms with Crippen LogP contribution < -0.4 is 11.1 Å². The van der Waals surface area contributed by atoms with Crippen LogP contribution in [0.25, 0.3) is 11.0 Å². The third-order valence-corrected chi connectivity index (χ3v) is 3.38. The van der Waals surface area contributed by atoms with Gasteiger partial charge < -0.3 is 5.11 Å². The molecule has 2 heterocycles. The zero-order chi connectivity index (χ0) is 15.0. The molecular formula is C15H13N3O3. The van der Waals surface area contributed by atoms with Crippen LogP contribution in [0.5, 0.6) is 5.75 Å². The second kappa shape index (κ2) is 4.90. The van der Waals surface area contributed by atoms with E-state index in [4.69, 9.17) is 0 Å². The topological polar surface area (TPSA) is 77.1 Å².